The predicted molar refractivity (Wildman–Crippen MR) is 53.6 cm³/mol. The minimum atomic E-state index is -3.58. The Balaban J connectivity index is 1.84. The maximum Gasteiger partial charge on any atom is 0.586 e. The number of nitriles is 1. The number of nitrogens with zero attached hydrogens (tertiary/aromatic N) is 1. The van der Waals surface area contributed by atoms with Gasteiger partial charge in [-0.15, -0.1) is 8.78 Å². The lowest BCUT2D eigenvalue weighted by atomic mass is 9.98. The number of alkyl halides is 2. The first-order valence-electron chi connectivity index (χ1n) is 5.32. The van der Waals surface area contributed by atoms with Crippen molar-refractivity contribution in [3.63, 3.8) is 0 Å². The maximum atomic E-state index is 12.8. The Morgan fingerprint density at radius 2 is 1.94 bits per heavy atom. The molecule has 0 amide bonds. The van der Waals surface area contributed by atoms with Crippen LogP contribution in [0.25, 0.3) is 0 Å². The zero-order chi connectivity index (χ0) is 12.1. The highest BCUT2D eigenvalue weighted by Gasteiger charge is 2.45. The number of halogens is 2. The molecular formula is C12H9F2NO2. The van der Waals surface area contributed by atoms with Gasteiger partial charge in [0.05, 0.1) is 11.5 Å². The van der Waals surface area contributed by atoms with Crippen LogP contribution in [0.2, 0.25) is 0 Å². The Labute approximate surface area is 96.6 Å². The quantitative estimate of drug-likeness (QED) is 0.794. The summed E-state index contributed by atoms with van der Waals surface area (Å²) in [6, 6.07) is 6.94. The van der Waals surface area contributed by atoms with Crippen LogP contribution in [-0.4, -0.2) is 6.29 Å². The second-order valence-electron chi connectivity index (χ2n) is 4.52. The number of ether oxygens (including phenoxy) is 2. The smallest absolute Gasteiger partial charge is 0.395 e. The fraction of sp³-hybridized carbons (Fsp3) is 0.417. The molecule has 3 rings (SSSR count). The Bertz CT molecular complexity index is 518. The van der Waals surface area contributed by atoms with Gasteiger partial charge in [0, 0.05) is 0 Å². The van der Waals surface area contributed by atoms with Crippen molar-refractivity contribution in [3.05, 3.63) is 23.8 Å². The van der Waals surface area contributed by atoms with Crippen molar-refractivity contribution in [2.75, 3.05) is 0 Å². The average molecular weight is 237 g/mol. The molecule has 1 heterocycles. The van der Waals surface area contributed by atoms with Crippen molar-refractivity contribution < 1.29 is 18.3 Å². The Morgan fingerprint density at radius 1 is 1.24 bits per heavy atom. The summed E-state index contributed by atoms with van der Waals surface area (Å²) < 4.78 is 34.2. The standard InChI is InChI=1S/C12H9F2NO2/c13-12(14)16-9-2-1-8(5-10(9)17-12)6-11(7-15)3-4-11/h1-2,5H,3-4,6H2. The average Bonchev–Trinajstić information content (AvgIpc) is 2.95. The van der Waals surface area contributed by atoms with Gasteiger partial charge in [-0.3, -0.25) is 0 Å². The van der Waals surface area contributed by atoms with E-state index in [0.717, 1.165) is 18.4 Å². The fourth-order valence-electron chi connectivity index (χ4n) is 1.97. The molecule has 1 saturated carbocycles. The highest BCUT2D eigenvalue weighted by molar-refractivity contribution is 5.45. The number of fused-ring (bicyclic) bond motifs is 1. The van der Waals surface area contributed by atoms with Crippen molar-refractivity contribution in [3.8, 4) is 17.6 Å². The highest BCUT2D eigenvalue weighted by atomic mass is 19.3. The lowest BCUT2D eigenvalue weighted by molar-refractivity contribution is -0.286. The normalized spacial score (nSPS) is 21.9. The van der Waals surface area contributed by atoms with E-state index in [2.05, 4.69) is 15.5 Å². The van der Waals surface area contributed by atoms with Gasteiger partial charge in [0.15, 0.2) is 11.5 Å². The molecule has 1 aromatic rings. The van der Waals surface area contributed by atoms with Gasteiger partial charge in [-0.25, -0.2) is 0 Å². The van der Waals surface area contributed by atoms with Crippen molar-refractivity contribution in [1.82, 2.24) is 0 Å². The fourth-order valence-corrected chi connectivity index (χ4v) is 1.97. The topological polar surface area (TPSA) is 42.2 Å². The van der Waals surface area contributed by atoms with Gasteiger partial charge in [0.2, 0.25) is 0 Å². The van der Waals surface area contributed by atoms with Crippen molar-refractivity contribution >= 4 is 0 Å². The molecule has 88 valence electrons. The minimum Gasteiger partial charge on any atom is -0.395 e. The molecule has 3 nitrogen and oxygen atoms in total. The van der Waals surface area contributed by atoms with Gasteiger partial charge >= 0.3 is 6.29 Å². The van der Waals surface area contributed by atoms with E-state index in [1.54, 1.807) is 6.07 Å². The largest absolute Gasteiger partial charge is 0.586 e. The molecule has 2 aliphatic rings. The van der Waals surface area contributed by atoms with Gasteiger partial charge in [-0.2, -0.15) is 5.26 Å². The van der Waals surface area contributed by atoms with Gasteiger partial charge in [-0.1, -0.05) is 6.07 Å². The molecule has 0 atom stereocenters. The molecule has 1 aliphatic heterocycles. The van der Waals surface area contributed by atoms with E-state index in [4.69, 9.17) is 5.26 Å². The van der Waals surface area contributed by atoms with Crippen LogP contribution >= 0.6 is 0 Å². The molecule has 0 unspecified atom stereocenters. The van der Waals surface area contributed by atoms with Crippen LogP contribution in [0.4, 0.5) is 8.78 Å². The van der Waals surface area contributed by atoms with E-state index < -0.39 is 6.29 Å². The molecule has 0 saturated heterocycles. The third kappa shape index (κ3) is 1.80. The van der Waals surface area contributed by atoms with Crippen LogP contribution in [0.5, 0.6) is 11.5 Å². The van der Waals surface area contributed by atoms with Crippen molar-refractivity contribution in [2.24, 2.45) is 5.41 Å². The predicted octanol–water partition coefficient (Wildman–Crippen LogP) is 2.85. The number of benzene rings is 1. The van der Waals surface area contributed by atoms with E-state index in [-0.39, 0.29) is 16.9 Å². The maximum absolute atomic E-state index is 12.8. The molecular weight excluding hydrogens is 228 g/mol. The summed E-state index contributed by atoms with van der Waals surface area (Å²) in [6.45, 7) is 0. The van der Waals surface area contributed by atoms with E-state index in [0.29, 0.717) is 6.42 Å². The Kier molecular flexibility index (Phi) is 1.88. The molecule has 0 N–H and O–H groups in total. The monoisotopic (exact) mass is 237 g/mol. The molecule has 0 radical (unpaired) electrons. The zero-order valence-corrected chi connectivity index (χ0v) is 8.87. The number of hydrogen-bond donors (Lipinski definition) is 0. The summed E-state index contributed by atoms with van der Waals surface area (Å²) >= 11 is 0. The Hall–Kier alpha value is -1.83. The van der Waals surface area contributed by atoms with E-state index >= 15 is 0 Å². The van der Waals surface area contributed by atoms with E-state index in [9.17, 15) is 8.78 Å². The third-order valence-corrected chi connectivity index (χ3v) is 3.10. The third-order valence-electron chi connectivity index (χ3n) is 3.10. The van der Waals surface area contributed by atoms with E-state index in [1.165, 1.54) is 12.1 Å². The molecule has 5 heteroatoms. The lowest BCUT2D eigenvalue weighted by Gasteiger charge is -2.06. The summed E-state index contributed by atoms with van der Waals surface area (Å²) in [6.07, 6.45) is -1.26. The lowest BCUT2D eigenvalue weighted by Crippen LogP contribution is -2.25. The van der Waals surface area contributed by atoms with Crippen molar-refractivity contribution in [2.45, 2.75) is 25.6 Å². The van der Waals surface area contributed by atoms with Crippen LogP contribution in [-0.2, 0) is 6.42 Å². The van der Waals surface area contributed by atoms with E-state index in [1.807, 2.05) is 0 Å². The summed E-state index contributed by atoms with van der Waals surface area (Å²) in [4.78, 5) is 0. The Morgan fingerprint density at radius 3 is 2.59 bits per heavy atom. The van der Waals surface area contributed by atoms with Crippen molar-refractivity contribution in [1.29, 1.82) is 5.26 Å². The summed E-state index contributed by atoms with van der Waals surface area (Å²) in [5.74, 6) is 0.0850. The summed E-state index contributed by atoms with van der Waals surface area (Å²) in [5.41, 5.74) is 0.528. The highest BCUT2D eigenvalue weighted by Crippen LogP contribution is 2.49. The van der Waals surface area contributed by atoms with Crippen LogP contribution in [0.3, 0.4) is 0 Å². The SMILES string of the molecule is N#CC1(Cc2ccc3c(c2)OC(F)(F)O3)CC1. The summed E-state index contributed by atoms with van der Waals surface area (Å²) in [7, 11) is 0. The first-order valence-corrected chi connectivity index (χ1v) is 5.32. The second-order valence-corrected chi connectivity index (χ2v) is 4.52. The number of hydrogen-bond acceptors (Lipinski definition) is 3. The molecule has 0 aromatic heterocycles. The molecule has 1 aliphatic carbocycles. The zero-order valence-electron chi connectivity index (χ0n) is 8.87. The number of rotatable bonds is 2. The molecule has 0 spiro atoms. The molecule has 17 heavy (non-hydrogen) atoms. The summed E-state index contributed by atoms with van der Waals surface area (Å²) in [5, 5.41) is 8.97. The minimum absolute atomic E-state index is 0.0422. The van der Waals surface area contributed by atoms with Crippen LogP contribution in [0.15, 0.2) is 18.2 Å². The molecule has 1 fully saturated rings. The molecule has 0 bridgehead atoms. The van der Waals surface area contributed by atoms with Gasteiger partial charge in [0.25, 0.3) is 0 Å². The van der Waals surface area contributed by atoms with Gasteiger partial charge in [0.1, 0.15) is 0 Å². The molecule has 1 aromatic carbocycles. The van der Waals surface area contributed by atoms with Crippen LogP contribution in [0.1, 0.15) is 18.4 Å². The van der Waals surface area contributed by atoms with Crippen LogP contribution in [0, 0.1) is 16.7 Å². The van der Waals surface area contributed by atoms with Gasteiger partial charge < -0.3 is 9.47 Å². The van der Waals surface area contributed by atoms with Gasteiger partial charge in [-0.05, 0) is 37.0 Å². The second kappa shape index (κ2) is 3.10. The first-order chi connectivity index (χ1) is 8.02. The van der Waals surface area contributed by atoms with Crippen LogP contribution < -0.4 is 9.47 Å². The first kappa shape index (κ1) is 10.3.